The first-order valence-electron chi connectivity index (χ1n) is 15.4. The van der Waals surface area contributed by atoms with E-state index in [1.807, 2.05) is 13.8 Å². The number of fused-ring (bicyclic) bond motifs is 2. The van der Waals surface area contributed by atoms with E-state index in [0.29, 0.717) is 12.8 Å². The SMILES string of the molecule is CCCC(=O)O.CCCC(=O)O.[CH-]1CCCC2=C1CC1=C2CCCC1.[CH-]1CCCC2=C1CC1=C2CCCC1.[Cl-].[Cl-].[Ti].[Ti]. The van der Waals surface area contributed by atoms with Gasteiger partial charge in [-0.05, 0) is 64.2 Å². The summed E-state index contributed by atoms with van der Waals surface area (Å²) in [6, 6.07) is 0. The number of carbonyl (C=O) groups is 2. The first-order valence-corrected chi connectivity index (χ1v) is 15.4. The summed E-state index contributed by atoms with van der Waals surface area (Å²) in [5.41, 5.74) is 14.1. The van der Waals surface area contributed by atoms with Gasteiger partial charge >= 0.3 is 11.9 Å². The van der Waals surface area contributed by atoms with Crippen molar-refractivity contribution in [2.45, 2.75) is 142 Å². The minimum atomic E-state index is -0.711. The first kappa shape index (κ1) is 43.8. The van der Waals surface area contributed by atoms with E-state index in [9.17, 15) is 9.59 Å². The maximum atomic E-state index is 9.60. The number of aliphatic carboxylic acids is 2. The quantitative estimate of drug-likeness (QED) is 0.350. The summed E-state index contributed by atoms with van der Waals surface area (Å²) >= 11 is 0. The van der Waals surface area contributed by atoms with Crippen LogP contribution in [0.1, 0.15) is 142 Å². The molecule has 0 aromatic carbocycles. The molecule has 0 bridgehead atoms. The van der Waals surface area contributed by atoms with Crippen molar-refractivity contribution < 1.29 is 88.1 Å². The second-order valence-corrected chi connectivity index (χ2v) is 11.4. The third kappa shape index (κ3) is 13.7. The van der Waals surface area contributed by atoms with Gasteiger partial charge in [0.15, 0.2) is 0 Å². The van der Waals surface area contributed by atoms with Crippen molar-refractivity contribution in [1.29, 1.82) is 0 Å². The fourth-order valence-electron chi connectivity index (χ4n) is 6.67. The predicted octanol–water partition coefficient (Wildman–Crippen LogP) is 3.64. The molecule has 0 aromatic rings. The Kier molecular flexibility index (Phi) is 25.0. The zero-order chi connectivity index (χ0) is 27.3. The summed E-state index contributed by atoms with van der Waals surface area (Å²) in [6.45, 7) is 3.68. The topological polar surface area (TPSA) is 74.6 Å². The van der Waals surface area contributed by atoms with E-state index < -0.39 is 11.9 Å². The molecule has 236 valence electrons. The van der Waals surface area contributed by atoms with E-state index in [1.165, 1.54) is 103 Å². The van der Waals surface area contributed by atoms with Crippen molar-refractivity contribution in [3.63, 3.8) is 0 Å². The molecule has 8 heteroatoms. The number of carboxylic acids is 2. The van der Waals surface area contributed by atoms with Crippen LogP contribution in [0.25, 0.3) is 0 Å². The molecule has 42 heavy (non-hydrogen) atoms. The Labute approximate surface area is 297 Å². The molecule has 0 amide bonds. The Morgan fingerprint density at radius 3 is 1.21 bits per heavy atom. The molecule has 0 saturated heterocycles. The summed E-state index contributed by atoms with van der Waals surface area (Å²) in [6.07, 6.45) is 29.3. The standard InChI is InChI=1S/2C13H17.2C4H8O2.2ClH.2Ti/c2*1-3-7-12-10(5-1)9-11-6-2-4-8-13(11)12;2*1-2-3-4(5)6;;;;/h2*5H,1-4,6-9H2;2*2-3H2,1H3,(H,5,6);2*1H;;/q2*-1;;;;;;/p-2. The molecule has 4 nitrogen and oxygen atoms in total. The molecular formula is C34H50Cl2O4Ti2-4. The van der Waals surface area contributed by atoms with Crippen molar-refractivity contribution in [3.8, 4) is 0 Å². The van der Waals surface area contributed by atoms with Crippen LogP contribution in [0.2, 0.25) is 0 Å². The maximum absolute atomic E-state index is 9.60. The molecule has 0 saturated carbocycles. The van der Waals surface area contributed by atoms with Crippen molar-refractivity contribution in [3.05, 3.63) is 57.4 Å². The third-order valence-electron chi connectivity index (χ3n) is 8.45. The third-order valence-corrected chi connectivity index (χ3v) is 8.45. The van der Waals surface area contributed by atoms with E-state index in [0.717, 1.165) is 12.8 Å². The van der Waals surface area contributed by atoms with Crippen LogP contribution in [-0.4, -0.2) is 22.2 Å². The summed E-state index contributed by atoms with van der Waals surface area (Å²) in [4.78, 5) is 19.2. The van der Waals surface area contributed by atoms with Gasteiger partial charge in [0, 0.05) is 56.3 Å². The molecule has 0 aliphatic heterocycles. The average molecular weight is 689 g/mol. The molecular weight excluding hydrogens is 639 g/mol. The number of rotatable bonds is 4. The average Bonchev–Trinajstić information content (AvgIpc) is 3.48. The summed E-state index contributed by atoms with van der Waals surface area (Å²) in [5.74, 6) is -1.42. The van der Waals surface area contributed by atoms with E-state index in [4.69, 9.17) is 10.2 Å². The minimum absolute atomic E-state index is 0. The van der Waals surface area contributed by atoms with Gasteiger partial charge in [-0.3, -0.25) is 9.59 Å². The normalized spacial score (nSPS) is 19.1. The van der Waals surface area contributed by atoms with Crippen LogP contribution >= 0.6 is 0 Å². The van der Waals surface area contributed by atoms with Gasteiger partial charge in [-0.15, -0.1) is 24.0 Å². The molecule has 0 spiro atoms. The summed E-state index contributed by atoms with van der Waals surface area (Å²) in [7, 11) is 0. The van der Waals surface area contributed by atoms with Gasteiger partial charge < -0.3 is 35.0 Å². The Balaban J connectivity index is 0. The van der Waals surface area contributed by atoms with Crippen LogP contribution in [-0.2, 0) is 53.0 Å². The summed E-state index contributed by atoms with van der Waals surface area (Å²) in [5, 5.41) is 15.8. The summed E-state index contributed by atoms with van der Waals surface area (Å²) < 4.78 is 0. The van der Waals surface area contributed by atoms with E-state index in [1.54, 1.807) is 44.6 Å². The van der Waals surface area contributed by atoms with Gasteiger partial charge in [0.1, 0.15) is 0 Å². The fourth-order valence-corrected chi connectivity index (χ4v) is 6.67. The van der Waals surface area contributed by atoms with Crippen LogP contribution in [0, 0.1) is 12.8 Å². The maximum Gasteiger partial charge on any atom is 0.303 e. The van der Waals surface area contributed by atoms with Crippen LogP contribution in [0.5, 0.6) is 0 Å². The molecule has 6 aliphatic rings. The fraction of sp³-hybridized carbons (Fsp3) is 0.647. The molecule has 0 unspecified atom stereocenters. The van der Waals surface area contributed by atoms with Crippen molar-refractivity contribution in [2.24, 2.45) is 0 Å². The van der Waals surface area contributed by atoms with Gasteiger partial charge in [0.05, 0.1) is 0 Å². The molecule has 2 N–H and O–H groups in total. The molecule has 0 atom stereocenters. The largest absolute Gasteiger partial charge is 1.00 e. The number of hydrogen-bond acceptors (Lipinski definition) is 2. The Morgan fingerprint density at radius 1 is 0.571 bits per heavy atom. The zero-order valence-electron chi connectivity index (χ0n) is 25.8. The second-order valence-electron chi connectivity index (χ2n) is 11.4. The van der Waals surface area contributed by atoms with Crippen LogP contribution in [0.3, 0.4) is 0 Å². The van der Waals surface area contributed by atoms with Gasteiger partial charge in [-0.25, -0.2) is 24.0 Å². The Morgan fingerprint density at radius 2 is 0.905 bits per heavy atom. The first-order chi connectivity index (χ1) is 18.4. The van der Waals surface area contributed by atoms with Crippen LogP contribution in [0.15, 0.2) is 44.6 Å². The smallest absolute Gasteiger partial charge is 0.303 e. The minimum Gasteiger partial charge on any atom is -1.00 e. The number of allylic oxidation sites excluding steroid dienone is 8. The second kappa shape index (κ2) is 24.0. The van der Waals surface area contributed by atoms with Gasteiger partial charge in [0.2, 0.25) is 0 Å². The van der Waals surface area contributed by atoms with Gasteiger partial charge in [-0.1, -0.05) is 63.5 Å². The Hall–Kier alpha value is -0.351. The van der Waals surface area contributed by atoms with Crippen LogP contribution in [0.4, 0.5) is 0 Å². The monoisotopic (exact) mass is 688 g/mol. The van der Waals surface area contributed by atoms with Crippen LogP contribution < -0.4 is 24.8 Å². The van der Waals surface area contributed by atoms with E-state index in [2.05, 4.69) is 12.8 Å². The van der Waals surface area contributed by atoms with E-state index in [-0.39, 0.29) is 68.2 Å². The number of carboxylic acid groups (broad SMARTS) is 2. The van der Waals surface area contributed by atoms with E-state index >= 15 is 0 Å². The zero-order valence-corrected chi connectivity index (χ0v) is 30.4. The molecule has 0 fully saturated rings. The van der Waals surface area contributed by atoms with Crippen molar-refractivity contribution >= 4 is 11.9 Å². The predicted molar refractivity (Wildman–Crippen MR) is 156 cm³/mol. The van der Waals surface area contributed by atoms with Gasteiger partial charge in [0.25, 0.3) is 0 Å². The molecule has 6 aliphatic carbocycles. The molecule has 6 rings (SSSR count). The number of halogens is 2. The Bertz CT molecular complexity index is 844. The molecule has 0 aromatic heterocycles. The van der Waals surface area contributed by atoms with Crippen molar-refractivity contribution in [1.82, 2.24) is 0 Å². The molecule has 0 radical (unpaired) electrons. The van der Waals surface area contributed by atoms with Crippen molar-refractivity contribution in [2.75, 3.05) is 0 Å². The van der Waals surface area contributed by atoms with Gasteiger partial charge in [-0.2, -0.15) is 11.1 Å². The number of hydrogen-bond donors (Lipinski definition) is 2. The molecule has 0 heterocycles.